The summed E-state index contributed by atoms with van der Waals surface area (Å²) < 4.78 is 76.2. The molecule has 0 spiro atoms. The summed E-state index contributed by atoms with van der Waals surface area (Å²) >= 11 is 11.4. The molecule has 4 nitrogen and oxygen atoms in total. The van der Waals surface area contributed by atoms with Crippen LogP contribution in [-0.2, 0) is 12.7 Å². The highest BCUT2D eigenvalue weighted by atomic mass is 35.5. The number of aryl methyl sites for hydroxylation is 1. The van der Waals surface area contributed by atoms with Gasteiger partial charge in [0, 0.05) is 11.4 Å². The molecule has 0 aliphatic carbocycles. The van der Waals surface area contributed by atoms with Crippen LogP contribution in [0.4, 0.5) is 38.0 Å². The second kappa shape index (κ2) is 7.12. The fourth-order valence-electron chi connectivity index (χ4n) is 1.75. The topological polar surface area (TPSA) is 42.7 Å². The number of halogens is 8. The predicted molar refractivity (Wildman–Crippen MR) is 82.4 cm³/mol. The van der Waals surface area contributed by atoms with Gasteiger partial charge < -0.3 is 5.32 Å². The van der Waals surface area contributed by atoms with E-state index in [-0.39, 0.29) is 33.1 Å². The van der Waals surface area contributed by atoms with Crippen molar-refractivity contribution in [3.63, 3.8) is 0 Å². The van der Waals surface area contributed by atoms with Gasteiger partial charge >= 0.3 is 11.7 Å². The largest absolute Gasteiger partial charge is 0.453 e. The minimum atomic E-state index is -4.75. The zero-order valence-electron chi connectivity index (χ0n) is 12.1. The molecule has 2 aromatic rings. The number of nitrogens with zero attached hydrogens (tertiary/aromatic N) is 3. The summed E-state index contributed by atoms with van der Waals surface area (Å²) in [7, 11) is 0. The maximum atomic E-state index is 12.7. The van der Waals surface area contributed by atoms with E-state index >= 15 is 0 Å². The number of alkyl halides is 6. The molecule has 1 aromatic carbocycles. The van der Waals surface area contributed by atoms with Crippen LogP contribution in [0.3, 0.4) is 0 Å². The molecule has 0 fully saturated rings. The van der Waals surface area contributed by atoms with Crippen LogP contribution < -0.4 is 5.32 Å². The fourth-order valence-corrected chi connectivity index (χ4v) is 3.08. The Hall–Kier alpha value is -1.33. The Bertz CT molecular complexity index is 751. The van der Waals surface area contributed by atoms with Gasteiger partial charge in [0.1, 0.15) is 0 Å². The quantitative estimate of drug-likeness (QED) is 0.484. The molecule has 1 heterocycles. The smallest absolute Gasteiger partial charge is 0.322 e. The Balaban J connectivity index is 2.36. The maximum Gasteiger partial charge on any atom is 0.453 e. The van der Waals surface area contributed by atoms with Gasteiger partial charge in [0.15, 0.2) is 0 Å². The summed E-state index contributed by atoms with van der Waals surface area (Å²) in [6, 6.07) is 1.98. The first-order valence-corrected chi connectivity index (χ1v) is 8.01. The van der Waals surface area contributed by atoms with Crippen LogP contribution in [0.15, 0.2) is 17.0 Å². The Kier molecular flexibility index (Phi) is 5.69. The van der Waals surface area contributed by atoms with Crippen LogP contribution in [0.1, 0.15) is 12.7 Å². The lowest BCUT2D eigenvalue weighted by Crippen LogP contribution is -2.08. The monoisotopic (exact) mass is 424 g/mol. The number of benzene rings is 1. The molecular weight excluding hydrogens is 417 g/mol. The third-order valence-electron chi connectivity index (χ3n) is 2.71. The molecular formula is C12H8Cl2F6N4S. The minimum Gasteiger partial charge on any atom is -0.322 e. The van der Waals surface area contributed by atoms with Crippen LogP contribution in [0.5, 0.6) is 0 Å². The molecule has 0 saturated carbocycles. The van der Waals surface area contributed by atoms with Gasteiger partial charge in [-0.3, -0.25) is 0 Å². The van der Waals surface area contributed by atoms with Crippen molar-refractivity contribution < 1.29 is 26.3 Å². The van der Waals surface area contributed by atoms with Crippen molar-refractivity contribution in [3.05, 3.63) is 28.0 Å². The lowest BCUT2D eigenvalue weighted by molar-refractivity contribution is -0.144. The summed E-state index contributed by atoms with van der Waals surface area (Å²) in [4.78, 5) is 3.06. The number of anilines is 2. The summed E-state index contributed by atoms with van der Waals surface area (Å²) in [5.41, 5.74) is -4.61. The summed E-state index contributed by atoms with van der Waals surface area (Å²) in [6.07, 6.45) is -4.75. The van der Waals surface area contributed by atoms with E-state index in [0.717, 1.165) is 16.8 Å². The lowest BCUT2D eigenvalue weighted by Gasteiger charge is -2.12. The number of hydrogen-bond donors (Lipinski definition) is 1. The molecule has 25 heavy (non-hydrogen) atoms. The summed E-state index contributed by atoms with van der Waals surface area (Å²) in [6.45, 7) is 1.59. The van der Waals surface area contributed by atoms with Gasteiger partial charge in [-0.05, 0) is 30.8 Å². The van der Waals surface area contributed by atoms with Gasteiger partial charge in [0.05, 0.1) is 15.7 Å². The molecule has 13 heteroatoms. The molecule has 1 aromatic heterocycles. The molecule has 0 unspecified atom stereocenters. The Morgan fingerprint density at radius 2 is 1.68 bits per heavy atom. The number of aromatic nitrogens is 3. The van der Waals surface area contributed by atoms with E-state index < -0.39 is 29.3 Å². The molecule has 0 amide bonds. The van der Waals surface area contributed by atoms with Crippen LogP contribution in [0, 0.1) is 0 Å². The van der Waals surface area contributed by atoms with Crippen molar-refractivity contribution in [3.8, 4) is 0 Å². The summed E-state index contributed by atoms with van der Waals surface area (Å²) in [5.74, 6) is -1.66. The first kappa shape index (κ1) is 20.0. The average Bonchev–Trinajstić information content (AvgIpc) is 2.84. The molecule has 0 aliphatic heterocycles. The fraction of sp³-hybridized carbons (Fsp3) is 0.333. The van der Waals surface area contributed by atoms with Gasteiger partial charge in [0.25, 0.3) is 5.82 Å². The third kappa shape index (κ3) is 5.08. The van der Waals surface area contributed by atoms with Gasteiger partial charge in [-0.25, -0.2) is 4.68 Å². The molecule has 138 valence electrons. The molecule has 0 saturated heterocycles. The van der Waals surface area contributed by atoms with Crippen LogP contribution in [0.25, 0.3) is 0 Å². The third-order valence-corrected chi connectivity index (χ3v) is 4.01. The van der Waals surface area contributed by atoms with Crippen LogP contribution in [-0.4, -0.2) is 20.3 Å². The standard InChI is InChI=1S/C12H8Cl2F6N4S/c1-2-24-10(22-9(23-24)11(15,16)17)21-8-6(13)3-5(4-7(8)14)25-12(18,19)20/h3-4H,2H2,1H3,(H,21,22,23). The first-order chi connectivity index (χ1) is 11.4. The zero-order valence-corrected chi connectivity index (χ0v) is 14.5. The number of nitrogens with one attached hydrogen (secondary N) is 1. The van der Waals surface area contributed by atoms with Crippen molar-refractivity contribution in [2.45, 2.75) is 30.0 Å². The molecule has 0 bridgehead atoms. The normalized spacial score (nSPS) is 12.5. The van der Waals surface area contributed by atoms with Gasteiger partial charge in [-0.2, -0.15) is 31.3 Å². The van der Waals surface area contributed by atoms with E-state index in [1.807, 2.05) is 0 Å². The molecule has 2 rings (SSSR count). The van der Waals surface area contributed by atoms with Crippen molar-refractivity contribution >= 4 is 46.6 Å². The van der Waals surface area contributed by atoms with Crippen molar-refractivity contribution in [2.75, 3.05) is 5.32 Å². The van der Waals surface area contributed by atoms with Crippen molar-refractivity contribution in [1.82, 2.24) is 14.8 Å². The molecule has 1 N–H and O–H groups in total. The number of thioether (sulfide) groups is 1. The zero-order chi connectivity index (χ0) is 19.0. The maximum absolute atomic E-state index is 12.7. The second-order valence-corrected chi connectivity index (χ2v) is 6.46. The highest BCUT2D eigenvalue weighted by Gasteiger charge is 2.37. The van der Waals surface area contributed by atoms with Crippen molar-refractivity contribution in [1.29, 1.82) is 0 Å². The van der Waals surface area contributed by atoms with E-state index in [0.29, 0.717) is 0 Å². The highest BCUT2D eigenvalue weighted by Crippen LogP contribution is 2.42. The van der Waals surface area contributed by atoms with E-state index in [4.69, 9.17) is 23.2 Å². The predicted octanol–water partition coefficient (Wildman–Crippen LogP) is 5.98. The van der Waals surface area contributed by atoms with E-state index in [2.05, 4.69) is 15.4 Å². The van der Waals surface area contributed by atoms with Gasteiger partial charge in [0.2, 0.25) is 5.95 Å². The van der Waals surface area contributed by atoms with E-state index in [1.54, 1.807) is 0 Å². The van der Waals surface area contributed by atoms with Crippen LogP contribution in [0.2, 0.25) is 10.0 Å². The second-order valence-electron chi connectivity index (χ2n) is 4.51. The van der Waals surface area contributed by atoms with Gasteiger partial charge in [-0.15, -0.1) is 5.10 Å². The van der Waals surface area contributed by atoms with Crippen LogP contribution >= 0.6 is 35.0 Å². The lowest BCUT2D eigenvalue weighted by atomic mass is 10.3. The molecule has 0 radical (unpaired) electrons. The number of hydrogen-bond acceptors (Lipinski definition) is 4. The Morgan fingerprint density at radius 1 is 1.12 bits per heavy atom. The first-order valence-electron chi connectivity index (χ1n) is 6.44. The summed E-state index contributed by atoms with van der Waals surface area (Å²) in [5, 5.41) is 5.36. The average molecular weight is 425 g/mol. The van der Waals surface area contributed by atoms with E-state index in [9.17, 15) is 26.3 Å². The van der Waals surface area contributed by atoms with Crippen molar-refractivity contribution in [2.24, 2.45) is 0 Å². The van der Waals surface area contributed by atoms with Gasteiger partial charge in [-0.1, -0.05) is 23.2 Å². The molecule has 0 atom stereocenters. The Morgan fingerprint density at radius 3 is 2.12 bits per heavy atom. The highest BCUT2D eigenvalue weighted by molar-refractivity contribution is 8.00. The minimum absolute atomic E-state index is 0.0582. The van der Waals surface area contributed by atoms with E-state index in [1.165, 1.54) is 6.92 Å². The SMILES string of the molecule is CCn1nc(C(F)(F)F)nc1Nc1c(Cl)cc(SC(F)(F)F)cc1Cl. The Labute approximate surface area is 151 Å². The molecule has 0 aliphatic rings. The number of rotatable bonds is 4.